The number of hydrogen-bond acceptors (Lipinski definition) is 7. The largest absolute Gasteiger partial charge is 0.467 e. The molecular formula is C23H25FN6O3. The summed E-state index contributed by atoms with van der Waals surface area (Å²) < 4.78 is 26.3. The smallest absolute Gasteiger partial charge is 0.415 e. The van der Waals surface area contributed by atoms with Crippen LogP contribution < -0.4 is 15.0 Å². The van der Waals surface area contributed by atoms with Crippen molar-refractivity contribution in [1.29, 1.82) is 0 Å². The van der Waals surface area contributed by atoms with Crippen LogP contribution >= 0.6 is 0 Å². The number of nitrogens with zero attached hydrogens (tertiary/aromatic N) is 5. The van der Waals surface area contributed by atoms with Gasteiger partial charge in [0.05, 0.1) is 31.7 Å². The highest BCUT2D eigenvalue weighted by Crippen LogP contribution is 2.40. The number of methoxy groups -OCH3 is 1. The summed E-state index contributed by atoms with van der Waals surface area (Å²) in [4.78, 5) is 22.3. The molecule has 9 nitrogen and oxygen atoms in total. The van der Waals surface area contributed by atoms with Gasteiger partial charge in [-0.25, -0.2) is 23.8 Å². The van der Waals surface area contributed by atoms with Gasteiger partial charge in [-0.2, -0.15) is 5.10 Å². The van der Waals surface area contributed by atoms with E-state index < -0.39 is 5.60 Å². The number of amides is 1. The molecule has 5 rings (SSSR count). The Labute approximate surface area is 190 Å². The van der Waals surface area contributed by atoms with Crippen LogP contribution in [0.3, 0.4) is 0 Å². The predicted molar refractivity (Wildman–Crippen MR) is 119 cm³/mol. The molecule has 0 atom stereocenters. The molecule has 2 fully saturated rings. The van der Waals surface area contributed by atoms with Crippen molar-refractivity contribution < 1.29 is 18.7 Å². The van der Waals surface area contributed by atoms with Crippen LogP contribution in [0.4, 0.5) is 20.7 Å². The minimum atomic E-state index is -0.472. The van der Waals surface area contributed by atoms with Gasteiger partial charge in [0.1, 0.15) is 22.9 Å². The molecule has 10 heteroatoms. The molecule has 33 heavy (non-hydrogen) atoms. The van der Waals surface area contributed by atoms with Crippen molar-refractivity contribution in [2.45, 2.75) is 31.3 Å². The van der Waals surface area contributed by atoms with Crippen molar-refractivity contribution in [2.75, 3.05) is 30.4 Å². The Morgan fingerprint density at radius 2 is 1.97 bits per heavy atom. The fraction of sp³-hybridized carbons (Fsp3) is 0.391. The lowest BCUT2D eigenvalue weighted by atomic mass is 9.78. The quantitative estimate of drug-likeness (QED) is 0.608. The monoisotopic (exact) mass is 452 g/mol. The number of hydrogen-bond donors (Lipinski definition) is 1. The van der Waals surface area contributed by atoms with E-state index in [0.29, 0.717) is 29.7 Å². The summed E-state index contributed by atoms with van der Waals surface area (Å²) in [5.74, 6) is 0.828. The van der Waals surface area contributed by atoms with E-state index in [1.54, 1.807) is 41.7 Å². The Bertz CT molecular complexity index is 1130. The predicted octanol–water partition coefficient (Wildman–Crippen LogP) is 3.81. The second-order valence-electron chi connectivity index (χ2n) is 8.49. The van der Waals surface area contributed by atoms with E-state index in [2.05, 4.69) is 20.4 Å². The summed E-state index contributed by atoms with van der Waals surface area (Å²) in [6.07, 6.45) is 7.97. The van der Waals surface area contributed by atoms with Crippen molar-refractivity contribution in [3.63, 3.8) is 0 Å². The van der Waals surface area contributed by atoms with E-state index in [0.717, 1.165) is 32.2 Å². The second-order valence-corrected chi connectivity index (χ2v) is 8.49. The van der Waals surface area contributed by atoms with Crippen LogP contribution in [0.2, 0.25) is 0 Å². The van der Waals surface area contributed by atoms with E-state index in [4.69, 9.17) is 9.47 Å². The Balaban J connectivity index is 1.15. The molecule has 1 N–H and O–H groups in total. The number of rotatable bonds is 6. The number of anilines is 2. The number of carbonyl (C=O) groups is 1. The fourth-order valence-electron chi connectivity index (χ4n) is 4.48. The summed E-state index contributed by atoms with van der Waals surface area (Å²) in [7, 11) is 1.50. The molecule has 3 aromatic rings. The summed E-state index contributed by atoms with van der Waals surface area (Å²) in [6, 6.07) is 8.64. The Kier molecular flexibility index (Phi) is 5.57. The zero-order valence-corrected chi connectivity index (χ0v) is 18.3. The van der Waals surface area contributed by atoms with Gasteiger partial charge in [-0.1, -0.05) is 12.1 Å². The molecule has 1 saturated heterocycles. The first-order valence-electron chi connectivity index (χ1n) is 11.0. The van der Waals surface area contributed by atoms with Crippen LogP contribution in [0.25, 0.3) is 5.69 Å². The minimum absolute atomic E-state index is 0.257. The SMILES string of the molecule is COc1ncc(N2CC3(CCC(CNc4ccn(-c5ccccc5F)n4)CC3)OC2=O)cn1. The van der Waals surface area contributed by atoms with Gasteiger partial charge < -0.3 is 14.8 Å². The minimum Gasteiger partial charge on any atom is -0.467 e. The second kappa shape index (κ2) is 8.68. The van der Waals surface area contributed by atoms with Crippen LogP contribution in [0, 0.1) is 11.7 Å². The first-order valence-corrected chi connectivity index (χ1v) is 11.0. The Morgan fingerprint density at radius 3 is 2.70 bits per heavy atom. The highest BCUT2D eigenvalue weighted by Gasteiger charge is 2.47. The summed E-state index contributed by atoms with van der Waals surface area (Å²) in [5.41, 5.74) is 0.548. The van der Waals surface area contributed by atoms with Gasteiger partial charge in [0, 0.05) is 18.8 Å². The highest BCUT2D eigenvalue weighted by molar-refractivity contribution is 5.89. The number of halogens is 1. The number of nitrogens with one attached hydrogen (secondary N) is 1. The zero-order valence-electron chi connectivity index (χ0n) is 18.3. The standard InChI is InChI=1S/C23H25FN6O3/c1-32-21-26-13-17(14-27-21)29-15-23(33-22(29)31)9-6-16(7-10-23)12-25-20-8-11-30(28-20)19-5-3-2-4-18(19)24/h2-5,8,11,13-14,16H,6-7,9-10,12,15H2,1H3,(H,25,28). The van der Waals surface area contributed by atoms with Gasteiger partial charge in [-0.15, -0.1) is 0 Å². The van der Waals surface area contributed by atoms with E-state index in [1.165, 1.54) is 17.9 Å². The molecule has 0 unspecified atom stereocenters. The van der Waals surface area contributed by atoms with E-state index in [1.807, 2.05) is 6.07 Å². The summed E-state index contributed by atoms with van der Waals surface area (Å²) >= 11 is 0. The maximum atomic E-state index is 14.0. The van der Waals surface area contributed by atoms with E-state index >= 15 is 0 Å². The van der Waals surface area contributed by atoms with Gasteiger partial charge >= 0.3 is 12.1 Å². The number of ether oxygens (including phenoxy) is 2. The van der Waals surface area contributed by atoms with Crippen molar-refractivity contribution in [3.8, 4) is 11.7 Å². The third-order valence-electron chi connectivity index (χ3n) is 6.36. The van der Waals surface area contributed by atoms with Crippen molar-refractivity contribution >= 4 is 17.6 Å². The molecule has 0 radical (unpaired) electrons. The number of carbonyl (C=O) groups excluding carboxylic acids is 1. The molecule has 172 valence electrons. The third-order valence-corrected chi connectivity index (χ3v) is 6.36. The lowest BCUT2D eigenvalue weighted by Gasteiger charge is -2.35. The molecule has 0 bridgehead atoms. The molecule has 3 heterocycles. The maximum absolute atomic E-state index is 14.0. The Morgan fingerprint density at radius 1 is 1.21 bits per heavy atom. The average molecular weight is 452 g/mol. The van der Waals surface area contributed by atoms with Crippen molar-refractivity contribution in [1.82, 2.24) is 19.7 Å². The highest BCUT2D eigenvalue weighted by atomic mass is 19.1. The van der Waals surface area contributed by atoms with Gasteiger partial charge in [0.25, 0.3) is 0 Å². The lowest BCUT2D eigenvalue weighted by molar-refractivity contribution is 0.0148. The van der Waals surface area contributed by atoms with Crippen molar-refractivity contribution in [2.24, 2.45) is 5.92 Å². The molecule has 1 aliphatic carbocycles. The van der Waals surface area contributed by atoms with Gasteiger partial charge in [-0.3, -0.25) is 4.90 Å². The summed E-state index contributed by atoms with van der Waals surface area (Å²) in [5, 5.41) is 7.79. The first-order chi connectivity index (χ1) is 16.0. The van der Waals surface area contributed by atoms with Crippen LogP contribution in [0.5, 0.6) is 6.01 Å². The molecular weight excluding hydrogens is 427 g/mol. The summed E-state index contributed by atoms with van der Waals surface area (Å²) in [6.45, 7) is 1.25. The van der Waals surface area contributed by atoms with Gasteiger partial charge in [0.15, 0.2) is 0 Å². The normalized spacial score (nSPS) is 22.4. The number of aromatic nitrogens is 4. The molecule has 1 saturated carbocycles. The molecule has 2 aromatic heterocycles. The number of benzene rings is 1. The first kappa shape index (κ1) is 21.2. The lowest BCUT2D eigenvalue weighted by Crippen LogP contribution is -2.39. The van der Waals surface area contributed by atoms with Gasteiger partial charge in [-0.05, 0) is 43.7 Å². The topological polar surface area (TPSA) is 94.4 Å². The van der Waals surface area contributed by atoms with E-state index in [-0.39, 0.29) is 17.9 Å². The Hall–Kier alpha value is -3.69. The van der Waals surface area contributed by atoms with Crippen LogP contribution in [0.15, 0.2) is 48.9 Å². The van der Waals surface area contributed by atoms with Crippen LogP contribution in [0.1, 0.15) is 25.7 Å². The molecule has 1 aliphatic heterocycles. The third kappa shape index (κ3) is 4.33. The fourth-order valence-corrected chi connectivity index (χ4v) is 4.48. The van der Waals surface area contributed by atoms with Crippen LogP contribution in [-0.4, -0.2) is 51.6 Å². The molecule has 1 aromatic carbocycles. The van der Waals surface area contributed by atoms with Gasteiger partial charge in [0.2, 0.25) is 0 Å². The molecule has 1 amide bonds. The molecule has 2 aliphatic rings. The van der Waals surface area contributed by atoms with Crippen LogP contribution in [-0.2, 0) is 4.74 Å². The average Bonchev–Trinajstić information content (AvgIpc) is 3.44. The number of para-hydroxylation sites is 1. The van der Waals surface area contributed by atoms with Crippen molar-refractivity contribution in [3.05, 3.63) is 54.7 Å². The molecule has 1 spiro atoms. The van der Waals surface area contributed by atoms with E-state index in [9.17, 15) is 9.18 Å². The zero-order chi connectivity index (χ0) is 22.8. The maximum Gasteiger partial charge on any atom is 0.415 e.